The summed E-state index contributed by atoms with van der Waals surface area (Å²) in [5, 5.41) is 13.1. The third-order valence-electron chi connectivity index (χ3n) is 5.27. The minimum Gasteiger partial charge on any atom is -0.479 e. The number of hydrogen-bond acceptors (Lipinski definition) is 3. The summed E-state index contributed by atoms with van der Waals surface area (Å²) in [4.78, 5) is 27.4. The van der Waals surface area contributed by atoms with Crippen LogP contribution in [0.1, 0.15) is 18.2 Å². The van der Waals surface area contributed by atoms with E-state index in [9.17, 15) is 14.7 Å². The highest BCUT2D eigenvalue weighted by molar-refractivity contribution is 5.86. The third-order valence-corrected chi connectivity index (χ3v) is 5.27. The SMILES string of the molecule is C[C@@](NC(=O)OCc1cc2cc(-c3ccccc3)ccc2[nH]1)(C(=O)O)c1ccccc1. The summed E-state index contributed by atoms with van der Waals surface area (Å²) in [5.41, 5.74) is 2.72. The molecule has 3 aromatic carbocycles. The van der Waals surface area contributed by atoms with Gasteiger partial charge in [0.15, 0.2) is 5.54 Å². The predicted octanol–water partition coefficient (Wildman–Crippen LogP) is 5.06. The van der Waals surface area contributed by atoms with Crippen molar-refractivity contribution in [3.05, 3.63) is 96.2 Å². The molecule has 0 unspecified atom stereocenters. The van der Waals surface area contributed by atoms with Crippen LogP contribution >= 0.6 is 0 Å². The van der Waals surface area contributed by atoms with E-state index in [0.29, 0.717) is 11.3 Å². The lowest BCUT2D eigenvalue weighted by atomic mass is 9.92. The van der Waals surface area contributed by atoms with Crippen LogP contribution in [-0.4, -0.2) is 22.2 Å². The van der Waals surface area contributed by atoms with E-state index in [1.165, 1.54) is 6.92 Å². The first-order valence-corrected chi connectivity index (χ1v) is 9.86. The van der Waals surface area contributed by atoms with Gasteiger partial charge in [-0.3, -0.25) is 0 Å². The average Bonchev–Trinajstić information content (AvgIpc) is 3.21. The lowest BCUT2D eigenvalue weighted by Gasteiger charge is -2.26. The number of aromatic nitrogens is 1. The number of carboxylic acids is 1. The number of alkyl carbamates (subject to hydrolysis) is 1. The van der Waals surface area contributed by atoms with Gasteiger partial charge in [-0.2, -0.15) is 0 Å². The number of H-pyrrole nitrogens is 1. The maximum Gasteiger partial charge on any atom is 0.408 e. The van der Waals surface area contributed by atoms with Gasteiger partial charge < -0.3 is 20.1 Å². The molecule has 0 spiro atoms. The molecule has 1 aromatic heterocycles. The number of carboxylic acid groups (broad SMARTS) is 1. The van der Waals surface area contributed by atoms with Crippen LogP contribution in [-0.2, 0) is 21.7 Å². The Kier molecular flexibility index (Phi) is 5.45. The molecular weight excluding hydrogens is 392 g/mol. The van der Waals surface area contributed by atoms with Crippen molar-refractivity contribution in [2.75, 3.05) is 0 Å². The minimum atomic E-state index is -1.59. The van der Waals surface area contributed by atoms with Crippen molar-refractivity contribution in [2.24, 2.45) is 0 Å². The normalized spacial score (nSPS) is 12.8. The first-order chi connectivity index (χ1) is 15.0. The van der Waals surface area contributed by atoms with Gasteiger partial charge in [-0.1, -0.05) is 66.7 Å². The fourth-order valence-electron chi connectivity index (χ4n) is 3.48. The highest BCUT2D eigenvalue weighted by Gasteiger charge is 2.37. The molecule has 31 heavy (non-hydrogen) atoms. The van der Waals surface area contributed by atoms with Crippen LogP contribution in [0.3, 0.4) is 0 Å². The van der Waals surface area contributed by atoms with Gasteiger partial charge in [0.05, 0.1) is 5.69 Å². The molecule has 0 aliphatic rings. The van der Waals surface area contributed by atoms with Crippen LogP contribution in [0.4, 0.5) is 4.79 Å². The van der Waals surface area contributed by atoms with Crippen LogP contribution < -0.4 is 5.32 Å². The summed E-state index contributed by atoms with van der Waals surface area (Å²) in [5.74, 6) is -1.17. The summed E-state index contributed by atoms with van der Waals surface area (Å²) in [6.45, 7) is 1.42. The molecule has 0 fully saturated rings. The van der Waals surface area contributed by atoms with Crippen LogP contribution in [0.2, 0.25) is 0 Å². The maximum atomic E-state index is 12.4. The zero-order chi connectivity index (χ0) is 21.8. The van der Waals surface area contributed by atoms with E-state index in [1.54, 1.807) is 30.3 Å². The summed E-state index contributed by atoms with van der Waals surface area (Å²) >= 11 is 0. The van der Waals surface area contributed by atoms with Crippen LogP contribution in [0.15, 0.2) is 84.9 Å². The Hall–Kier alpha value is -4.06. The fourth-order valence-corrected chi connectivity index (χ4v) is 3.48. The van der Waals surface area contributed by atoms with Crippen molar-refractivity contribution in [1.82, 2.24) is 10.3 Å². The van der Waals surface area contributed by atoms with E-state index in [-0.39, 0.29) is 6.61 Å². The van der Waals surface area contributed by atoms with Crippen LogP contribution in [0, 0.1) is 0 Å². The molecule has 156 valence electrons. The van der Waals surface area contributed by atoms with Gasteiger partial charge in [0.1, 0.15) is 6.61 Å². The highest BCUT2D eigenvalue weighted by atomic mass is 16.5. The lowest BCUT2D eigenvalue weighted by molar-refractivity contribution is -0.144. The molecule has 0 radical (unpaired) electrons. The van der Waals surface area contributed by atoms with Crippen molar-refractivity contribution in [2.45, 2.75) is 19.1 Å². The van der Waals surface area contributed by atoms with E-state index in [2.05, 4.69) is 16.4 Å². The summed E-state index contributed by atoms with van der Waals surface area (Å²) in [6, 6.07) is 26.6. The molecule has 0 aliphatic heterocycles. The fraction of sp³-hybridized carbons (Fsp3) is 0.120. The Morgan fingerprint density at radius 3 is 2.29 bits per heavy atom. The molecular formula is C25H22N2O4. The molecule has 1 heterocycles. The number of rotatable bonds is 6. The zero-order valence-electron chi connectivity index (χ0n) is 17.0. The van der Waals surface area contributed by atoms with E-state index in [1.807, 2.05) is 48.5 Å². The first kappa shape index (κ1) is 20.2. The molecule has 0 saturated carbocycles. The largest absolute Gasteiger partial charge is 0.479 e. The standard InChI is InChI=1S/C25H22N2O4/c1-25(23(28)29,20-10-6-3-7-11-20)27-24(30)31-16-21-15-19-14-18(12-13-22(19)26-21)17-8-4-2-5-9-17/h2-15,26H,16H2,1H3,(H,27,30)(H,28,29)/t25-/m0/s1. The number of aliphatic carboxylic acids is 1. The van der Waals surface area contributed by atoms with Crippen LogP contribution in [0.5, 0.6) is 0 Å². The maximum absolute atomic E-state index is 12.4. The smallest absolute Gasteiger partial charge is 0.408 e. The van der Waals surface area contributed by atoms with Crippen molar-refractivity contribution in [1.29, 1.82) is 0 Å². The number of amides is 1. The zero-order valence-corrected chi connectivity index (χ0v) is 17.0. The van der Waals surface area contributed by atoms with Gasteiger partial charge in [-0.05, 0) is 41.8 Å². The topological polar surface area (TPSA) is 91.4 Å². The van der Waals surface area contributed by atoms with Gasteiger partial charge in [-0.25, -0.2) is 9.59 Å². The Balaban J connectivity index is 1.46. The van der Waals surface area contributed by atoms with E-state index in [4.69, 9.17) is 4.74 Å². The van der Waals surface area contributed by atoms with Gasteiger partial charge in [-0.15, -0.1) is 0 Å². The van der Waals surface area contributed by atoms with Gasteiger partial charge >= 0.3 is 12.1 Å². The second-order valence-electron chi connectivity index (χ2n) is 7.46. The Morgan fingerprint density at radius 2 is 1.61 bits per heavy atom. The number of benzene rings is 3. The number of fused-ring (bicyclic) bond motifs is 1. The van der Waals surface area contributed by atoms with E-state index >= 15 is 0 Å². The van der Waals surface area contributed by atoms with Gasteiger partial charge in [0, 0.05) is 10.9 Å². The van der Waals surface area contributed by atoms with Crippen molar-refractivity contribution < 1.29 is 19.4 Å². The van der Waals surface area contributed by atoms with Crippen LogP contribution in [0.25, 0.3) is 22.0 Å². The predicted molar refractivity (Wildman–Crippen MR) is 118 cm³/mol. The quantitative estimate of drug-likeness (QED) is 0.411. The molecule has 3 N–H and O–H groups in total. The number of carbonyl (C=O) groups is 2. The van der Waals surface area contributed by atoms with Crippen molar-refractivity contribution in [3.8, 4) is 11.1 Å². The highest BCUT2D eigenvalue weighted by Crippen LogP contribution is 2.25. The number of hydrogen-bond donors (Lipinski definition) is 3. The number of aromatic amines is 1. The second-order valence-corrected chi connectivity index (χ2v) is 7.46. The number of carbonyl (C=O) groups excluding carboxylic acids is 1. The molecule has 0 saturated heterocycles. The lowest BCUT2D eigenvalue weighted by Crippen LogP contribution is -2.49. The molecule has 6 nitrogen and oxygen atoms in total. The summed E-state index contributed by atoms with van der Waals surface area (Å²) in [6.07, 6.45) is -0.808. The molecule has 1 atom stereocenters. The van der Waals surface area contributed by atoms with E-state index < -0.39 is 17.6 Å². The summed E-state index contributed by atoms with van der Waals surface area (Å²) < 4.78 is 5.30. The molecule has 4 rings (SSSR count). The van der Waals surface area contributed by atoms with E-state index in [0.717, 1.165) is 22.0 Å². The number of nitrogens with one attached hydrogen (secondary N) is 2. The molecule has 0 aliphatic carbocycles. The van der Waals surface area contributed by atoms with Gasteiger partial charge in [0.2, 0.25) is 0 Å². The van der Waals surface area contributed by atoms with Gasteiger partial charge in [0.25, 0.3) is 0 Å². The molecule has 4 aromatic rings. The minimum absolute atomic E-state index is 0.00826. The second kappa shape index (κ2) is 8.36. The Morgan fingerprint density at radius 1 is 0.935 bits per heavy atom. The monoisotopic (exact) mass is 414 g/mol. The molecule has 6 heteroatoms. The summed E-state index contributed by atoms with van der Waals surface area (Å²) in [7, 11) is 0. The average molecular weight is 414 g/mol. The van der Waals surface area contributed by atoms with Crippen molar-refractivity contribution in [3.63, 3.8) is 0 Å². The number of ether oxygens (including phenoxy) is 1. The first-order valence-electron chi connectivity index (χ1n) is 9.86. The third kappa shape index (κ3) is 4.28. The Bertz CT molecular complexity index is 1220. The Labute approximate surface area is 179 Å². The van der Waals surface area contributed by atoms with Crippen molar-refractivity contribution >= 4 is 23.0 Å². The molecule has 0 bridgehead atoms. The molecule has 1 amide bonds.